The first-order chi connectivity index (χ1) is 8.91. The van der Waals surface area contributed by atoms with Crippen LogP contribution in [0, 0.1) is 0 Å². The zero-order valence-corrected chi connectivity index (χ0v) is 11.8. The quantitative estimate of drug-likeness (QED) is 0.654. The molecule has 102 valence electrons. The number of nitrogens with two attached hydrogens (primary N) is 1. The third-order valence-corrected chi connectivity index (χ3v) is 5.01. The molecule has 0 radical (unpaired) electrons. The fourth-order valence-corrected chi connectivity index (χ4v) is 3.23. The molecule has 1 heterocycles. The molecule has 0 aliphatic rings. The van der Waals surface area contributed by atoms with E-state index in [1.165, 1.54) is 40.9 Å². The predicted octanol–water partition coefficient (Wildman–Crippen LogP) is 1.25. The van der Waals surface area contributed by atoms with Crippen LogP contribution in [0.3, 0.4) is 0 Å². The fraction of sp³-hybridized carbons (Fsp3) is 0.182. The van der Waals surface area contributed by atoms with Crippen LogP contribution in [0.15, 0.2) is 34.0 Å². The highest BCUT2D eigenvalue weighted by molar-refractivity contribution is 7.89. The molecule has 0 spiro atoms. The Bertz CT molecular complexity index is 668. The van der Waals surface area contributed by atoms with Crippen molar-refractivity contribution in [1.82, 2.24) is 9.29 Å². The number of anilines is 1. The summed E-state index contributed by atoms with van der Waals surface area (Å²) in [5, 5.41) is 11.1. The molecule has 0 saturated carbocycles. The minimum Gasteiger partial charge on any atom is -0.506 e. The van der Waals surface area contributed by atoms with Crippen LogP contribution in [0.5, 0.6) is 5.75 Å². The van der Waals surface area contributed by atoms with Crippen LogP contribution in [0.25, 0.3) is 0 Å². The van der Waals surface area contributed by atoms with E-state index in [0.717, 1.165) is 0 Å². The van der Waals surface area contributed by atoms with E-state index in [1.54, 1.807) is 10.9 Å². The molecule has 0 fully saturated rings. The number of sulfonamides is 1. The van der Waals surface area contributed by atoms with Crippen molar-refractivity contribution in [1.29, 1.82) is 0 Å². The van der Waals surface area contributed by atoms with Crippen molar-refractivity contribution >= 4 is 27.0 Å². The topological polar surface area (TPSA) is 96.5 Å². The van der Waals surface area contributed by atoms with Crippen LogP contribution in [-0.2, 0) is 16.6 Å². The summed E-state index contributed by atoms with van der Waals surface area (Å²) in [6, 6.07) is 3.82. The minimum absolute atomic E-state index is 0.0307. The molecule has 0 aliphatic heterocycles. The molecular formula is C11H13N3O3S2. The van der Waals surface area contributed by atoms with Crippen molar-refractivity contribution in [2.24, 2.45) is 0 Å². The number of hydrogen-bond donors (Lipinski definition) is 2. The van der Waals surface area contributed by atoms with Gasteiger partial charge in [0.2, 0.25) is 10.0 Å². The van der Waals surface area contributed by atoms with Gasteiger partial charge in [-0.3, -0.25) is 0 Å². The third kappa shape index (κ3) is 2.86. The zero-order valence-electron chi connectivity index (χ0n) is 10.1. The van der Waals surface area contributed by atoms with E-state index >= 15 is 0 Å². The molecule has 0 amide bonds. The van der Waals surface area contributed by atoms with Crippen molar-refractivity contribution in [2.45, 2.75) is 11.4 Å². The fourth-order valence-electron chi connectivity index (χ4n) is 1.50. The van der Waals surface area contributed by atoms with E-state index in [4.69, 9.17) is 5.73 Å². The number of aromatic hydroxyl groups is 1. The largest absolute Gasteiger partial charge is 0.506 e. The Morgan fingerprint density at radius 3 is 2.79 bits per heavy atom. The van der Waals surface area contributed by atoms with Crippen LogP contribution in [-0.4, -0.2) is 29.9 Å². The van der Waals surface area contributed by atoms with Gasteiger partial charge in [0.1, 0.15) is 5.75 Å². The molecule has 6 nitrogen and oxygen atoms in total. The molecule has 0 saturated heterocycles. The Balaban J connectivity index is 2.28. The van der Waals surface area contributed by atoms with Gasteiger partial charge >= 0.3 is 0 Å². The summed E-state index contributed by atoms with van der Waals surface area (Å²) < 4.78 is 25.8. The Hall–Kier alpha value is -1.64. The molecule has 8 heteroatoms. The molecular weight excluding hydrogens is 286 g/mol. The van der Waals surface area contributed by atoms with E-state index in [1.807, 2.05) is 0 Å². The summed E-state index contributed by atoms with van der Waals surface area (Å²) in [5.74, 6) is -0.138. The third-order valence-electron chi connectivity index (χ3n) is 2.58. The first-order valence-corrected chi connectivity index (χ1v) is 7.71. The van der Waals surface area contributed by atoms with Gasteiger partial charge in [0.25, 0.3) is 0 Å². The summed E-state index contributed by atoms with van der Waals surface area (Å²) in [6.07, 6.45) is 0. The molecule has 2 aromatic rings. The molecule has 0 bridgehead atoms. The van der Waals surface area contributed by atoms with Gasteiger partial charge in [-0.2, -0.15) is 4.31 Å². The Morgan fingerprint density at radius 1 is 1.47 bits per heavy atom. The normalized spacial score (nSPS) is 11.9. The van der Waals surface area contributed by atoms with Gasteiger partial charge in [0.05, 0.1) is 28.3 Å². The average molecular weight is 299 g/mol. The van der Waals surface area contributed by atoms with E-state index in [2.05, 4.69) is 4.98 Å². The Morgan fingerprint density at radius 2 is 2.21 bits per heavy atom. The number of hydrogen-bond acceptors (Lipinski definition) is 6. The van der Waals surface area contributed by atoms with Gasteiger partial charge in [-0.1, -0.05) is 0 Å². The molecule has 3 N–H and O–H groups in total. The Labute approximate surface area is 115 Å². The molecule has 0 atom stereocenters. The smallest absolute Gasteiger partial charge is 0.243 e. The second kappa shape index (κ2) is 5.16. The van der Waals surface area contributed by atoms with Gasteiger partial charge < -0.3 is 10.8 Å². The number of phenols is 1. The monoisotopic (exact) mass is 299 g/mol. The standard InChI is InChI=1S/C11H13N3O3S2/c1-14(5-8-6-18-7-13-8)19(16,17)9-2-3-11(15)10(12)4-9/h2-4,6-7,15H,5,12H2,1H3. The molecule has 0 aliphatic carbocycles. The lowest BCUT2D eigenvalue weighted by molar-refractivity contribution is 0.462. The molecule has 19 heavy (non-hydrogen) atoms. The molecule has 1 aromatic carbocycles. The lowest BCUT2D eigenvalue weighted by atomic mass is 10.3. The summed E-state index contributed by atoms with van der Waals surface area (Å²) in [5.41, 5.74) is 7.87. The molecule has 1 aromatic heterocycles. The van der Waals surface area contributed by atoms with Gasteiger partial charge in [-0.25, -0.2) is 13.4 Å². The maximum atomic E-state index is 12.3. The number of rotatable bonds is 4. The molecule has 2 rings (SSSR count). The van der Waals surface area contributed by atoms with E-state index in [0.29, 0.717) is 5.69 Å². The predicted molar refractivity (Wildman–Crippen MR) is 73.3 cm³/mol. The van der Waals surface area contributed by atoms with Gasteiger partial charge in [-0.05, 0) is 18.2 Å². The Kier molecular flexibility index (Phi) is 3.74. The van der Waals surface area contributed by atoms with Crippen molar-refractivity contribution in [3.05, 3.63) is 34.8 Å². The highest BCUT2D eigenvalue weighted by Crippen LogP contribution is 2.25. The minimum atomic E-state index is -3.65. The molecule has 0 unspecified atom stereocenters. The first kappa shape index (κ1) is 13.8. The van der Waals surface area contributed by atoms with Crippen LogP contribution < -0.4 is 5.73 Å². The number of thiazole rings is 1. The van der Waals surface area contributed by atoms with E-state index in [9.17, 15) is 13.5 Å². The maximum Gasteiger partial charge on any atom is 0.243 e. The van der Waals surface area contributed by atoms with Crippen molar-refractivity contribution in [2.75, 3.05) is 12.8 Å². The van der Waals surface area contributed by atoms with Crippen molar-refractivity contribution < 1.29 is 13.5 Å². The van der Waals surface area contributed by atoms with Gasteiger partial charge in [0, 0.05) is 12.4 Å². The van der Waals surface area contributed by atoms with Crippen molar-refractivity contribution in [3.63, 3.8) is 0 Å². The zero-order chi connectivity index (χ0) is 14.0. The van der Waals surface area contributed by atoms with Gasteiger partial charge in [-0.15, -0.1) is 11.3 Å². The van der Waals surface area contributed by atoms with E-state index in [-0.39, 0.29) is 22.9 Å². The maximum absolute atomic E-state index is 12.3. The summed E-state index contributed by atoms with van der Waals surface area (Å²) in [7, 11) is -2.18. The lowest BCUT2D eigenvalue weighted by Gasteiger charge is -2.16. The van der Waals surface area contributed by atoms with Crippen molar-refractivity contribution in [3.8, 4) is 5.75 Å². The summed E-state index contributed by atoms with van der Waals surface area (Å²) >= 11 is 1.41. The number of phenolic OH excluding ortho intramolecular Hbond substituents is 1. The number of benzene rings is 1. The lowest BCUT2D eigenvalue weighted by Crippen LogP contribution is -2.26. The number of nitrogens with zero attached hydrogens (tertiary/aromatic N) is 2. The SMILES string of the molecule is CN(Cc1cscn1)S(=O)(=O)c1ccc(O)c(N)c1. The van der Waals surface area contributed by atoms with Crippen LogP contribution in [0.2, 0.25) is 0 Å². The van der Waals surface area contributed by atoms with Crippen LogP contribution >= 0.6 is 11.3 Å². The van der Waals surface area contributed by atoms with Crippen LogP contribution in [0.1, 0.15) is 5.69 Å². The highest BCUT2D eigenvalue weighted by atomic mass is 32.2. The highest BCUT2D eigenvalue weighted by Gasteiger charge is 2.22. The second-order valence-electron chi connectivity index (χ2n) is 3.96. The number of aromatic nitrogens is 1. The van der Waals surface area contributed by atoms with Crippen LogP contribution in [0.4, 0.5) is 5.69 Å². The number of nitrogen functional groups attached to an aromatic ring is 1. The van der Waals surface area contributed by atoms with Gasteiger partial charge in [0.15, 0.2) is 0 Å². The summed E-state index contributed by atoms with van der Waals surface area (Å²) in [6.45, 7) is 0.187. The van der Waals surface area contributed by atoms with E-state index < -0.39 is 10.0 Å². The first-order valence-electron chi connectivity index (χ1n) is 5.33. The average Bonchev–Trinajstić information content (AvgIpc) is 2.85. The second-order valence-corrected chi connectivity index (χ2v) is 6.73. The summed E-state index contributed by atoms with van der Waals surface area (Å²) in [4.78, 5) is 4.08.